The summed E-state index contributed by atoms with van der Waals surface area (Å²) < 4.78 is 57.0. The second-order valence-electron chi connectivity index (χ2n) is 5.73. The van der Waals surface area contributed by atoms with Crippen molar-refractivity contribution in [2.24, 2.45) is 0 Å². The highest BCUT2D eigenvalue weighted by Crippen LogP contribution is 2.36. The van der Waals surface area contributed by atoms with E-state index in [1.807, 2.05) is 0 Å². The van der Waals surface area contributed by atoms with Crippen molar-refractivity contribution in [1.29, 1.82) is 0 Å². The number of hydrogen-bond acceptors (Lipinski definition) is 5. The molecule has 1 atom stereocenters. The lowest BCUT2D eigenvalue weighted by atomic mass is 10.2. The van der Waals surface area contributed by atoms with Crippen molar-refractivity contribution < 1.29 is 32.3 Å². The van der Waals surface area contributed by atoms with Gasteiger partial charge >= 0.3 is 6.18 Å². The van der Waals surface area contributed by atoms with E-state index in [-0.39, 0.29) is 12.2 Å². The van der Waals surface area contributed by atoms with Crippen LogP contribution in [0.4, 0.5) is 28.9 Å². The van der Waals surface area contributed by atoms with Crippen LogP contribution in [0, 0.1) is 15.9 Å². The summed E-state index contributed by atoms with van der Waals surface area (Å²) in [6.07, 6.45) is -5.85. The first-order valence-corrected chi connectivity index (χ1v) is 7.71. The molecule has 0 fully saturated rings. The highest BCUT2D eigenvalue weighted by atomic mass is 19.4. The molecule has 146 valence electrons. The first-order valence-electron chi connectivity index (χ1n) is 7.71. The maximum Gasteiger partial charge on any atom is 0.419 e. The van der Waals surface area contributed by atoms with Crippen LogP contribution in [0.25, 0.3) is 0 Å². The Morgan fingerprint density at radius 3 is 2.56 bits per heavy atom. The molecule has 2 aromatic carbocycles. The molecular weight excluding hydrogens is 372 g/mol. The summed E-state index contributed by atoms with van der Waals surface area (Å²) in [5.41, 5.74) is -1.41. The van der Waals surface area contributed by atoms with Crippen molar-refractivity contribution >= 4 is 11.4 Å². The summed E-state index contributed by atoms with van der Waals surface area (Å²) in [7, 11) is 1.42. The lowest BCUT2D eigenvalue weighted by Gasteiger charge is -2.23. The molecule has 27 heavy (non-hydrogen) atoms. The van der Waals surface area contributed by atoms with Gasteiger partial charge in [0.25, 0.3) is 5.69 Å². The second kappa shape index (κ2) is 8.21. The van der Waals surface area contributed by atoms with Crippen LogP contribution >= 0.6 is 0 Å². The Morgan fingerprint density at radius 2 is 1.93 bits per heavy atom. The maximum atomic E-state index is 13.2. The van der Waals surface area contributed by atoms with Gasteiger partial charge in [-0.3, -0.25) is 10.1 Å². The molecule has 2 rings (SSSR count). The van der Waals surface area contributed by atoms with Crippen molar-refractivity contribution in [3.8, 4) is 5.75 Å². The van der Waals surface area contributed by atoms with Crippen molar-refractivity contribution in [3.63, 3.8) is 0 Å². The number of alkyl halides is 3. The number of ether oxygens (including phenoxy) is 1. The number of hydrogen-bond donors (Lipinski definition) is 1. The third kappa shape index (κ3) is 5.30. The monoisotopic (exact) mass is 388 g/mol. The normalized spacial score (nSPS) is 12.5. The van der Waals surface area contributed by atoms with Crippen molar-refractivity contribution in [1.82, 2.24) is 0 Å². The van der Waals surface area contributed by atoms with E-state index in [4.69, 9.17) is 4.74 Å². The fourth-order valence-corrected chi connectivity index (χ4v) is 2.45. The fourth-order valence-electron chi connectivity index (χ4n) is 2.45. The molecule has 0 aromatic heterocycles. The van der Waals surface area contributed by atoms with E-state index in [2.05, 4.69) is 0 Å². The predicted octanol–water partition coefficient (Wildman–Crippen LogP) is 3.63. The number of aliphatic hydroxyl groups excluding tert-OH is 1. The van der Waals surface area contributed by atoms with Gasteiger partial charge in [0.15, 0.2) is 0 Å². The summed E-state index contributed by atoms with van der Waals surface area (Å²) in [6.45, 7) is -0.646. The number of halogens is 4. The smallest absolute Gasteiger partial charge is 0.419 e. The molecule has 0 spiro atoms. The Morgan fingerprint density at radius 1 is 1.26 bits per heavy atom. The van der Waals surface area contributed by atoms with Crippen molar-refractivity contribution in [2.75, 3.05) is 25.1 Å². The molecule has 0 amide bonds. The fraction of sp³-hybridized carbons (Fsp3) is 0.294. The Balaban J connectivity index is 2.05. The van der Waals surface area contributed by atoms with Crippen LogP contribution in [-0.4, -0.2) is 36.3 Å². The highest BCUT2D eigenvalue weighted by Gasteiger charge is 2.34. The van der Waals surface area contributed by atoms with Gasteiger partial charge in [-0.25, -0.2) is 4.39 Å². The first kappa shape index (κ1) is 20.4. The summed E-state index contributed by atoms with van der Waals surface area (Å²) in [5, 5.41) is 21.1. The topological polar surface area (TPSA) is 75.8 Å². The average molecular weight is 388 g/mol. The molecule has 0 heterocycles. The van der Waals surface area contributed by atoms with Crippen molar-refractivity contribution in [2.45, 2.75) is 12.3 Å². The molecule has 0 aliphatic heterocycles. The zero-order valence-electron chi connectivity index (χ0n) is 14.1. The number of likely N-dealkylation sites (N-methyl/N-ethyl adjacent to an activating group) is 1. The Kier molecular flexibility index (Phi) is 6.21. The SMILES string of the molecule is CN(CC(O)COc1ccccc1C(F)(F)F)c1ccc(F)cc1[N+](=O)[O-]. The molecule has 0 saturated heterocycles. The molecule has 1 unspecified atom stereocenters. The minimum atomic E-state index is -4.60. The van der Waals surface area contributed by atoms with E-state index in [9.17, 15) is 32.8 Å². The van der Waals surface area contributed by atoms with E-state index < -0.39 is 46.6 Å². The van der Waals surface area contributed by atoms with Crippen LogP contribution < -0.4 is 9.64 Å². The third-order valence-electron chi connectivity index (χ3n) is 3.65. The Labute approximate surface area is 151 Å². The van der Waals surface area contributed by atoms with Crippen LogP contribution in [0.1, 0.15) is 5.56 Å². The van der Waals surface area contributed by atoms with Crippen molar-refractivity contribution in [3.05, 3.63) is 64.0 Å². The molecule has 10 heteroatoms. The lowest BCUT2D eigenvalue weighted by molar-refractivity contribution is -0.384. The number of anilines is 1. The number of benzene rings is 2. The van der Waals surface area contributed by atoms with Gasteiger partial charge in [0.05, 0.1) is 16.6 Å². The molecule has 1 N–H and O–H groups in total. The molecular formula is C17H16F4N2O4. The summed E-state index contributed by atoms with van der Waals surface area (Å²) in [5.74, 6) is -1.22. The molecule has 6 nitrogen and oxygen atoms in total. The van der Waals surface area contributed by atoms with E-state index in [1.165, 1.54) is 30.1 Å². The largest absolute Gasteiger partial charge is 0.490 e. The van der Waals surface area contributed by atoms with Gasteiger partial charge in [-0.2, -0.15) is 13.2 Å². The van der Waals surface area contributed by atoms with E-state index in [0.717, 1.165) is 24.3 Å². The van der Waals surface area contributed by atoms with Crippen LogP contribution in [0.2, 0.25) is 0 Å². The first-order chi connectivity index (χ1) is 12.6. The summed E-state index contributed by atoms with van der Waals surface area (Å²) in [6, 6.07) is 7.52. The van der Waals surface area contributed by atoms with Gasteiger partial charge in [-0.05, 0) is 24.3 Å². The molecule has 0 aliphatic carbocycles. The molecule has 0 aliphatic rings. The third-order valence-corrected chi connectivity index (χ3v) is 3.65. The van der Waals surface area contributed by atoms with Crippen LogP contribution in [-0.2, 0) is 6.18 Å². The zero-order chi connectivity index (χ0) is 20.2. The summed E-state index contributed by atoms with van der Waals surface area (Å²) in [4.78, 5) is 11.6. The van der Waals surface area contributed by atoms with Crippen LogP contribution in [0.5, 0.6) is 5.75 Å². The van der Waals surface area contributed by atoms with Gasteiger partial charge in [-0.1, -0.05) is 12.1 Å². The number of nitro benzene ring substituents is 1. The predicted molar refractivity (Wildman–Crippen MR) is 89.3 cm³/mol. The minimum Gasteiger partial charge on any atom is -0.490 e. The van der Waals surface area contributed by atoms with Gasteiger partial charge in [0, 0.05) is 13.6 Å². The van der Waals surface area contributed by atoms with Gasteiger partial charge in [-0.15, -0.1) is 0 Å². The van der Waals surface area contributed by atoms with E-state index >= 15 is 0 Å². The highest BCUT2D eigenvalue weighted by molar-refractivity contribution is 5.62. The van der Waals surface area contributed by atoms with E-state index in [1.54, 1.807) is 0 Å². The number of para-hydroxylation sites is 1. The Bertz CT molecular complexity index is 814. The Hall–Kier alpha value is -2.88. The van der Waals surface area contributed by atoms with Gasteiger partial charge in [0.2, 0.25) is 0 Å². The number of nitrogens with zero attached hydrogens (tertiary/aromatic N) is 2. The molecule has 0 saturated carbocycles. The van der Waals surface area contributed by atoms with E-state index in [0.29, 0.717) is 0 Å². The average Bonchev–Trinajstić information content (AvgIpc) is 2.59. The summed E-state index contributed by atoms with van der Waals surface area (Å²) >= 11 is 0. The number of nitro groups is 1. The molecule has 2 aromatic rings. The second-order valence-corrected chi connectivity index (χ2v) is 5.73. The van der Waals surface area contributed by atoms with Gasteiger partial charge < -0.3 is 14.7 Å². The lowest BCUT2D eigenvalue weighted by Crippen LogP contribution is -2.33. The van der Waals surface area contributed by atoms with Gasteiger partial charge in [0.1, 0.15) is 30.0 Å². The standard InChI is InChI=1S/C17H16F4N2O4/c1-22(14-7-6-11(18)8-15(14)23(25)26)9-12(24)10-27-16-5-3-2-4-13(16)17(19,20)21/h2-8,12,24H,9-10H2,1H3. The minimum absolute atomic E-state index is 0.0520. The molecule has 0 radical (unpaired) electrons. The number of aliphatic hydroxyl groups is 1. The quantitative estimate of drug-likeness (QED) is 0.445. The van der Waals surface area contributed by atoms with Crippen LogP contribution in [0.15, 0.2) is 42.5 Å². The van der Waals surface area contributed by atoms with Crippen LogP contribution in [0.3, 0.4) is 0 Å². The maximum absolute atomic E-state index is 13.2. The number of rotatable bonds is 7. The molecule has 0 bridgehead atoms. The zero-order valence-corrected chi connectivity index (χ0v) is 14.1.